The van der Waals surface area contributed by atoms with Crippen molar-refractivity contribution < 1.29 is 97.2 Å². The number of H-pyrrole nitrogens is 10. The van der Waals surface area contributed by atoms with E-state index in [0.717, 1.165) is 55.6 Å². The number of aromatic amines is 10. The first-order valence-corrected chi connectivity index (χ1v) is 39.2. The summed E-state index contributed by atoms with van der Waals surface area (Å²) in [6, 6.07) is 21.5. The molecule has 5 aromatic carbocycles. The molecule has 0 atom stereocenters. The Morgan fingerprint density at radius 2 is 0.270 bits per heavy atom. The average molecular weight is 1560 g/mol. The van der Waals surface area contributed by atoms with E-state index in [4.69, 9.17) is 47.4 Å². The number of ether oxygens (including phenoxy) is 10. The molecule has 10 heterocycles. The second-order valence-corrected chi connectivity index (χ2v) is 28.2. The molecule has 0 amide bonds. The van der Waals surface area contributed by atoms with Gasteiger partial charge in [-0.2, -0.15) is 0 Å². The molecule has 10 aromatic heterocycles. The molecule has 0 saturated carbocycles. The Labute approximate surface area is 664 Å². The summed E-state index contributed by atoms with van der Waals surface area (Å²) in [6.07, 6.45) is 60.2. The van der Waals surface area contributed by atoms with Crippen molar-refractivity contribution in [2.24, 2.45) is 0 Å². The molecule has 30 nitrogen and oxygen atoms in total. The molecule has 0 aliphatic heterocycles. The summed E-state index contributed by atoms with van der Waals surface area (Å²) in [4.78, 5) is 32.1. The SMILES string of the molecule is c1cn(CCOc2cc3c(OCCn4cc[nH+]c4)cc2Cc2cc(OCCn4cc[nH+]c4)c(cc2OCCn2cc[nH+]c2)Cc2cc(OCCn4cc[nH+]c4)c(cc2OCCn2cc[nH+]c2)Cc2cc(OCCn4cc[nH+]c4)c(cc2OCCn2cc[nH+]c2)Cc2cc(OCCn4cc[nH+]c4)c(cc2OCCn2cc[nH+]c2)C3)c[nH+]1. The minimum atomic E-state index is 0.345. The van der Waals surface area contributed by atoms with Crippen molar-refractivity contribution in [2.45, 2.75) is 97.6 Å². The fraction of sp³-hybridized carbons (Fsp3) is 0.294. The van der Waals surface area contributed by atoms with Gasteiger partial charge in [0, 0.05) is 87.7 Å². The molecule has 10 aliphatic rings. The van der Waals surface area contributed by atoms with Crippen molar-refractivity contribution in [1.29, 1.82) is 0 Å². The average Bonchev–Trinajstić information content (AvgIpc) is 1.77. The van der Waals surface area contributed by atoms with Gasteiger partial charge < -0.3 is 47.4 Å². The second kappa shape index (κ2) is 37.9. The lowest BCUT2D eigenvalue weighted by atomic mass is 9.94. The third kappa shape index (κ3) is 20.7. The van der Waals surface area contributed by atoms with E-state index in [-0.39, 0.29) is 0 Å². The highest BCUT2D eigenvalue weighted by Crippen LogP contribution is 2.44. The number of aromatic nitrogens is 20. The van der Waals surface area contributed by atoms with Gasteiger partial charge in [0.15, 0.2) is 0 Å². The summed E-state index contributed by atoms with van der Waals surface area (Å²) in [7, 11) is 0. The third-order valence-electron chi connectivity index (χ3n) is 20.2. The van der Waals surface area contributed by atoms with Crippen LogP contribution in [0.4, 0.5) is 0 Å². The van der Waals surface area contributed by atoms with Crippen LogP contribution < -0.4 is 97.2 Å². The Bertz CT molecular complexity index is 4280. The van der Waals surface area contributed by atoms with Crippen molar-refractivity contribution in [3.63, 3.8) is 0 Å². The standard InChI is InChI=1S/C85H90N20O10/c1-11-96(56-86-1)21-31-106-76-46-67-42-69-49-81(111-36-26-101-16-6-91-61-101)71(51-80(69)110-35-25-100-15-5-90-60-100)44-73-53-85(115-40-30-105-20-10-95-65-105)75(55-84(73)114-39-29-104-19-9-94-64-104)45-74-54-82(112-37-27-102-17-7-92-62-102)72(52-83(74)113-38-28-103-18-8-93-63-103)43-70-50-78(108-33-23-98-13-3-88-58-98)68(48-79(70)109-34-24-99-14-4-89-59-99)41-66(76)47-77(67)107-32-22-97-12-2-87-57-97/h1-20,46-65H,21-45H2/p+10. The van der Waals surface area contributed by atoms with Gasteiger partial charge in [0.1, 0.15) is 313 Å². The van der Waals surface area contributed by atoms with E-state index in [1.807, 2.05) is 187 Å². The maximum Gasteiger partial charge on any atom is 0.241 e. The maximum absolute atomic E-state index is 7.17. The van der Waals surface area contributed by atoms with E-state index >= 15 is 0 Å². The first kappa shape index (κ1) is 75.2. The number of hydrogen-bond donors (Lipinski definition) is 0. The fourth-order valence-electron chi connectivity index (χ4n) is 14.2. The number of hydrogen-bond acceptors (Lipinski definition) is 10. The molecule has 0 fully saturated rings. The third-order valence-corrected chi connectivity index (χ3v) is 20.2. The van der Waals surface area contributed by atoms with Crippen LogP contribution in [-0.4, -0.2) is 112 Å². The van der Waals surface area contributed by atoms with E-state index in [2.05, 4.69) is 156 Å². The zero-order chi connectivity index (χ0) is 77.4. The topological polar surface area (TPSA) is 283 Å². The molecule has 0 radical (unpaired) electrons. The summed E-state index contributed by atoms with van der Waals surface area (Å²) in [5.74, 6) is 6.75. The van der Waals surface area contributed by atoms with Crippen molar-refractivity contribution in [3.05, 3.63) is 304 Å². The van der Waals surface area contributed by atoms with Crippen molar-refractivity contribution >= 4 is 0 Å². The van der Waals surface area contributed by atoms with Gasteiger partial charge in [-0.25, -0.2) is 45.7 Å². The predicted molar refractivity (Wildman–Crippen MR) is 411 cm³/mol. The maximum atomic E-state index is 7.17. The minimum Gasteiger partial charge on any atom is -0.489 e. The molecule has 10 aliphatic carbocycles. The van der Waals surface area contributed by atoms with Gasteiger partial charge in [-0.3, -0.25) is 49.8 Å². The molecule has 10 N–H and O–H groups in total. The van der Waals surface area contributed by atoms with Crippen molar-refractivity contribution in [3.8, 4) is 57.5 Å². The highest BCUT2D eigenvalue weighted by Gasteiger charge is 2.27. The number of nitrogens with zero attached hydrogens (tertiary/aromatic N) is 10. The van der Waals surface area contributed by atoms with Crippen LogP contribution >= 0.6 is 0 Å². The largest absolute Gasteiger partial charge is 0.489 e. The van der Waals surface area contributed by atoms with Gasteiger partial charge >= 0.3 is 0 Å². The van der Waals surface area contributed by atoms with Crippen LogP contribution in [0.5, 0.6) is 57.5 Å². The van der Waals surface area contributed by atoms with Gasteiger partial charge in [-0.1, -0.05) is 0 Å². The first-order valence-electron chi connectivity index (χ1n) is 39.2. The molecule has 30 heteroatoms. The molecule has 25 rings (SSSR count). The number of imidazole rings is 10. The highest BCUT2D eigenvalue weighted by molar-refractivity contribution is 5.60. The molecule has 115 heavy (non-hydrogen) atoms. The minimum absolute atomic E-state index is 0.345. The van der Waals surface area contributed by atoms with Gasteiger partial charge in [0.05, 0.1) is 0 Å². The lowest BCUT2D eigenvalue weighted by Gasteiger charge is -2.22. The lowest BCUT2D eigenvalue weighted by molar-refractivity contribution is -0.377. The molecule has 0 unspecified atom stereocenters. The second-order valence-electron chi connectivity index (χ2n) is 28.2. The Morgan fingerprint density at radius 3 is 0.357 bits per heavy atom. The molecule has 0 saturated heterocycles. The van der Waals surface area contributed by atoms with Crippen LogP contribution in [0, 0.1) is 0 Å². The summed E-state index contributed by atoms with van der Waals surface area (Å²) < 4.78 is 92.4. The molecule has 10 bridgehead atoms. The van der Waals surface area contributed by atoms with E-state index in [1.165, 1.54) is 0 Å². The quantitative estimate of drug-likeness (QED) is 0.0501. The van der Waals surface area contributed by atoms with Crippen LogP contribution in [0.2, 0.25) is 0 Å². The number of rotatable bonds is 40. The van der Waals surface area contributed by atoms with Crippen LogP contribution in [0.25, 0.3) is 0 Å². The number of nitrogens with one attached hydrogen (secondary N) is 10. The first-order chi connectivity index (χ1) is 56.9. The van der Waals surface area contributed by atoms with Crippen LogP contribution in [0.3, 0.4) is 0 Å². The predicted octanol–water partition coefficient (Wildman–Crippen LogP) is 4.90. The monoisotopic (exact) mass is 1560 g/mol. The van der Waals surface area contributed by atoms with Crippen LogP contribution in [-0.2, 0) is 97.6 Å². The summed E-state index contributed by atoms with van der Waals surface area (Å²) in [5.41, 5.74) is 8.74. The van der Waals surface area contributed by atoms with E-state index in [0.29, 0.717) is 221 Å². The van der Waals surface area contributed by atoms with Crippen molar-refractivity contribution in [2.75, 3.05) is 66.1 Å². The molecule has 0 spiro atoms. The molecule has 590 valence electrons. The smallest absolute Gasteiger partial charge is 0.241 e. The van der Waals surface area contributed by atoms with Gasteiger partial charge in [-0.15, -0.1) is 0 Å². The normalized spacial score (nSPS) is 12.0. The summed E-state index contributed by atoms with van der Waals surface area (Å²) in [6.45, 7) is 9.14. The Hall–Kier alpha value is -13.8. The van der Waals surface area contributed by atoms with E-state index in [9.17, 15) is 0 Å². The van der Waals surface area contributed by atoms with Crippen LogP contribution in [0.15, 0.2) is 248 Å². The van der Waals surface area contributed by atoms with Crippen molar-refractivity contribution in [1.82, 2.24) is 45.7 Å². The Kier molecular flexibility index (Phi) is 24.8. The van der Waals surface area contributed by atoms with Gasteiger partial charge in [0.25, 0.3) is 0 Å². The Balaban J connectivity index is 0.916. The highest BCUT2D eigenvalue weighted by atomic mass is 16.5. The van der Waals surface area contributed by atoms with Crippen LogP contribution in [0.1, 0.15) is 55.6 Å². The van der Waals surface area contributed by atoms with E-state index < -0.39 is 0 Å². The van der Waals surface area contributed by atoms with E-state index in [1.54, 1.807) is 0 Å². The zero-order valence-corrected chi connectivity index (χ0v) is 64.3. The zero-order valence-electron chi connectivity index (χ0n) is 64.3. The number of benzene rings is 5. The molecule has 15 aromatic rings. The molecular weight excluding hydrogens is 1460 g/mol. The lowest BCUT2D eigenvalue weighted by Crippen LogP contribution is -2.14. The Morgan fingerprint density at radius 1 is 0.165 bits per heavy atom. The van der Waals surface area contributed by atoms with Gasteiger partial charge in [-0.05, 0) is 60.7 Å². The summed E-state index contributed by atoms with van der Waals surface area (Å²) >= 11 is 0. The van der Waals surface area contributed by atoms with Gasteiger partial charge in [0.2, 0.25) is 63.3 Å². The fourth-order valence-corrected chi connectivity index (χ4v) is 14.2. The molecular formula is C85H100N20O10+10. The summed E-state index contributed by atoms with van der Waals surface area (Å²) in [5, 5.41) is 0.